The molecule has 0 aromatic carbocycles. The van der Waals surface area contributed by atoms with Crippen molar-refractivity contribution in [3.8, 4) is 0 Å². The van der Waals surface area contributed by atoms with E-state index in [0.29, 0.717) is 11.3 Å². The molecule has 0 aromatic heterocycles. The van der Waals surface area contributed by atoms with Gasteiger partial charge in [0.25, 0.3) is 0 Å². The monoisotopic (exact) mass is 303 g/mol. The second-order valence-electron chi connectivity index (χ2n) is 10.1. The Balaban J connectivity index is 1.45. The summed E-state index contributed by atoms with van der Waals surface area (Å²) in [6, 6.07) is 0. The van der Waals surface area contributed by atoms with Crippen molar-refractivity contribution in [3.05, 3.63) is 0 Å². The maximum atomic E-state index is 13.3. The molecule has 0 aromatic rings. The Morgan fingerprint density at radius 2 is 1.36 bits per heavy atom. The Morgan fingerprint density at radius 1 is 0.909 bits per heavy atom. The highest BCUT2D eigenvalue weighted by Gasteiger charge is 2.55. The lowest BCUT2D eigenvalue weighted by molar-refractivity contribution is -0.159. The molecule has 0 spiro atoms. The number of likely N-dealkylation sites (tertiary alicyclic amines) is 1. The maximum Gasteiger partial charge on any atom is 0.228 e. The highest BCUT2D eigenvalue weighted by molar-refractivity contribution is 5.83. The van der Waals surface area contributed by atoms with Crippen LogP contribution in [-0.2, 0) is 4.79 Å². The fraction of sp³-hybridized carbons (Fsp3) is 0.950. The minimum Gasteiger partial charge on any atom is -0.342 e. The minimum absolute atomic E-state index is 0.0727. The predicted octanol–water partition coefficient (Wildman–Crippen LogP) is 4.49. The van der Waals surface area contributed by atoms with E-state index in [4.69, 9.17) is 0 Å². The number of piperidine rings is 1. The third-order valence-corrected chi connectivity index (χ3v) is 7.50. The molecule has 5 fully saturated rings. The van der Waals surface area contributed by atoms with Crippen molar-refractivity contribution >= 4 is 5.91 Å². The Labute approximate surface area is 136 Å². The summed E-state index contributed by atoms with van der Waals surface area (Å²) >= 11 is 0. The molecule has 1 aliphatic heterocycles. The van der Waals surface area contributed by atoms with Gasteiger partial charge in [-0.3, -0.25) is 4.79 Å². The zero-order chi connectivity index (χ0) is 15.5. The quantitative estimate of drug-likeness (QED) is 0.699. The molecule has 4 bridgehead atoms. The smallest absolute Gasteiger partial charge is 0.228 e. The van der Waals surface area contributed by atoms with Crippen molar-refractivity contribution in [2.45, 2.75) is 72.1 Å². The van der Waals surface area contributed by atoms with Crippen molar-refractivity contribution in [1.29, 1.82) is 0 Å². The van der Waals surface area contributed by atoms with Gasteiger partial charge in [-0.2, -0.15) is 0 Å². The maximum absolute atomic E-state index is 13.3. The molecule has 1 saturated heterocycles. The SMILES string of the molecule is CC(C)(C)C1CCN(C(=O)C23CC4CC(CC(C4)C2)C3)CC1. The third kappa shape index (κ3) is 2.41. The molecule has 4 saturated carbocycles. The summed E-state index contributed by atoms with van der Waals surface area (Å²) in [4.78, 5) is 15.6. The lowest BCUT2D eigenvalue weighted by Gasteiger charge is -2.57. The lowest BCUT2D eigenvalue weighted by Crippen LogP contribution is -2.56. The van der Waals surface area contributed by atoms with E-state index in [1.54, 1.807) is 0 Å². The first kappa shape index (κ1) is 15.0. The summed E-state index contributed by atoms with van der Waals surface area (Å²) in [5.74, 6) is 3.97. The largest absolute Gasteiger partial charge is 0.342 e. The second-order valence-corrected chi connectivity index (χ2v) is 10.1. The van der Waals surface area contributed by atoms with Gasteiger partial charge in [0.2, 0.25) is 5.91 Å². The van der Waals surface area contributed by atoms with Gasteiger partial charge in [-0.1, -0.05) is 20.8 Å². The van der Waals surface area contributed by atoms with E-state index >= 15 is 0 Å². The van der Waals surface area contributed by atoms with E-state index in [2.05, 4.69) is 25.7 Å². The summed E-state index contributed by atoms with van der Waals surface area (Å²) in [6.07, 6.45) is 10.4. The van der Waals surface area contributed by atoms with Gasteiger partial charge in [0.05, 0.1) is 5.41 Å². The number of nitrogens with zero attached hydrogens (tertiary/aromatic N) is 1. The average molecular weight is 303 g/mol. The van der Waals surface area contributed by atoms with Crippen molar-refractivity contribution in [3.63, 3.8) is 0 Å². The van der Waals surface area contributed by atoms with Crippen molar-refractivity contribution in [1.82, 2.24) is 4.90 Å². The van der Waals surface area contributed by atoms with Crippen LogP contribution < -0.4 is 0 Å². The van der Waals surface area contributed by atoms with Crippen LogP contribution in [0.4, 0.5) is 0 Å². The molecule has 2 heteroatoms. The van der Waals surface area contributed by atoms with Crippen LogP contribution in [0.25, 0.3) is 0 Å². The van der Waals surface area contributed by atoms with Crippen LogP contribution in [0.5, 0.6) is 0 Å². The van der Waals surface area contributed by atoms with E-state index in [1.807, 2.05) is 0 Å². The van der Waals surface area contributed by atoms with E-state index in [0.717, 1.165) is 36.8 Å². The number of rotatable bonds is 1. The molecular formula is C20H33NO. The summed E-state index contributed by atoms with van der Waals surface area (Å²) in [6.45, 7) is 9.10. The van der Waals surface area contributed by atoms with Gasteiger partial charge in [0.1, 0.15) is 0 Å². The topological polar surface area (TPSA) is 20.3 Å². The first-order valence-corrected chi connectivity index (χ1v) is 9.65. The van der Waals surface area contributed by atoms with Gasteiger partial charge in [0.15, 0.2) is 0 Å². The summed E-state index contributed by atoms with van der Waals surface area (Å²) in [7, 11) is 0. The van der Waals surface area contributed by atoms with Gasteiger partial charge in [-0.05, 0) is 80.5 Å². The van der Waals surface area contributed by atoms with E-state index in [9.17, 15) is 4.79 Å². The Hall–Kier alpha value is -0.530. The zero-order valence-electron chi connectivity index (χ0n) is 14.7. The summed E-state index contributed by atoms with van der Waals surface area (Å²) in [5.41, 5.74) is 0.471. The summed E-state index contributed by atoms with van der Waals surface area (Å²) in [5, 5.41) is 0. The number of carbonyl (C=O) groups is 1. The minimum atomic E-state index is 0.0727. The molecule has 2 nitrogen and oxygen atoms in total. The van der Waals surface area contributed by atoms with Crippen LogP contribution in [-0.4, -0.2) is 23.9 Å². The average Bonchev–Trinajstić information content (AvgIpc) is 2.44. The fourth-order valence-corrected chi connectivity index (χ4v) is 6.66. The fourth-order valence-electron chi connectivity index (χ4n) is 6.66. The van der Waals surface area contributed by atoms with Crippen LogP contribution in [0.1, 0.15) is 72.1 Å². The highest BCUT2D eigenvalue weighted by atomic mass is 16.2. The van der Waals surface area contributed by atoms with Crippen molar-refractivity contribution < 1.29 is 4.79 Å². The molecule has 5 rings (SSSR count). The van der Waals surface area contributed by atoms with Gasteiger partial charge in [-0.15, -0.1) is 0 Å². The molecule has 124 valence electrons. The summed E-state index contributed by atoms with van der Waals surface area (Å²) < 4.78 is 0. The molecule has 0 N–H and O–H groups in total. The molecule has 1 heterocycles. The van der Waals surface area contributed by atoms with Crippen molar-refractivity contribution in [2.75, 3.05) is 13.1 Å². The molecule has 0 unspecified atom stereocenters. The Bertz CT molecular complexity index is 418. The van der Waals surface area contributed by atoms with Gasteiger partial charge >= 0.3 is 0 Å². The first-order chi connectivity index (χ1) is 10.4. The normalized spacial score (nSPS) is 42.0. The molecular weight excluding hydrogens is 270 g/mol. The number of hydrogen-bond donors (Lipinski definition) is 0. The second kappa shape index (κ2) is 4.98. The lowest BCUT2D eigenvalue weighted by atomic mass is 9.49. The Kier molecular flexibility index (Phi) is 3.40. The molecule has 22 heavy (non-hydrogen) atoms. The molecule has 0 radical (unpaired) electrons. The van der Waals surface area contributed by atoms with Crippen LogP contribution in [0, 0.1) is 34.5 Å². The molecule has 5 aliphatic rings. The van der Waals surface area contributed by atoms with Gasteiger partial charge in [0, 0.05) is 13.1 Å². The molecule has 0 atom stereocenters. The van der Waals surface area contributed by atoms with Gasteiger partial charge < -0.3 is 4.90 Å². The zero-order valence-corrected chi connectivity index (χ0v) is 14.7. The predicted molar refractivity (Wildman–Crippen MR) is 89.4 cm³/mol. The molecule has 1 amide bonds. The molecule has 4 aliphatic carbocycles. The number of hydrogen-bond acceptors (Lipinski definition) is 1. The highest BCUT2D eigenvalue weighted by Crippen LogP contribution is 2.60. The van der Waals surface area contributed by atoms with Crippen LogP contribution in [0.2, 0.25) is 0 Å². The van der Waals surface area contributed by atoms with E-state index in [-0.39, 0.29) is 5.41 Å². The van der Waals surface area contributed by atoms with E-state index in [1.165, 1.54) is 51.4 Å². The van der Waals surface area contributed by atoms with Gasteiger partial charge in [-0.25, -0.2) is 0 Å². The van der Waals surface area contributed by atoms with Crippen LogP contribution >= 0.6 is 0 Å². The van der Waals surface area contributed by atoms with Crippen LogP contribution in [0.15, 0.2) is 0 Å². The van der Waals surface area contributed by atoms with Crippen molar-refractivity contribution in [2.24, 2.45) is 34.5 Å². The number of amides is 1. The standard InChI is InChI=1S/C20H33NO/c1-19(2,3)17-4-6-21(7-5-17)18(22)20-11-14-8-15(12-20)10-16(9-14)13-20/h14-17H,4-13H2,1-3H3. The van der Waals surface area contributed by atoms with Crippen LogP contribution in [0.3, 0.4) is 0 Å². The Morgan fingerprint density at radius 3 is 1.77 bits per heavy atom. The number of carbonyl (C=O) groups excluding carboxylic acids is 1. The van der Waals surface area contributed by atoms with E-state index < -0.39 is 0 Å². The first-order valence-electron chi connectivity index (χ1n) is 9.65. The third-order valence-electron chi connectivity index (χ3n) is 7.50.